The smallest absolute Gasteiger partial charge is 0.0855 e. The molecule has 1 aliphatic rings. The molecular formula is C17H28N2O. The highest BCUT2D eigenvalue weighted by Gasteiger charge is 2.26. The highest BCUT2D eigenvalue weighted by atomic mass is 16.5. The molecular weight excluding hydrogens is 248 g/mol. The molecule has 0 saturated carbocycles. The zero-order chi connectivity index (χ0) is 14.2. The Morgan fingerprint density at radius 1 is 1.30 bits per heavy atom. The lowest BCUT2D eigenvalue weighted by molar-refractivity contribution is -0.0458. The van der Waals surface area contributed by atoms with Crippen LogP contribution in [-0.4, -0.2) is 49.8 Å². The van der Waals surface area contributed by atoms with Gasteiger partial charge in [0.05, 0.1) is 12.7 Å². The Morgan fingerprint density at radius 2 is 2.10 bits per heavy atom. The van der Waals surface area contributed by atoms with E-state index < -0.39 is 0 Å². The first-order valence-electron chi connectivity index (χ1n) is 7.94. The third-order valence-electron chi connectivity index (χ3n) is 4.13. The van der Waals surface area contributed by atoms with Gasteiger partial charge in [-0.1, -0.05) is 44.2 Å². The predicted molar refractivity (Wildman–Crippen MR) is 84.1 cm³/mol. The first kappa shape index (κ1) is 15.5. The van der Waals surface area contributed by atoms with Gasteiger partial charge in [0.1, 0.15) is 0 Å². The van der Waals surface area contributed by atoms with Gasteiger partial charge < -0.3 is 10.1 Å². The Balaban J connectivity index is 1.89. The molecule has 1 saturated heterocycles. The molecule has 1 heterocycles. The van der Waals surface area contributed by atoms with Crippen molar-refractivity contribution in [1.29, 1.82) is 0 Å². The highest BCUT2D eigenvalue weighted by molar-refractivity contribution is 5.14. The number of nitrogens with one attached hydrogen (secondary N) is 1. The summed E-state index contributed by atoms with van der Waals surface area (Å²) in [6, 6.07) is 11.2. The number of ether oxygens (including phenoxy) is 1. The molecule has 2 atom stereocenters. The van der Waals surface area contributed by atoms with Gasteiger partial charge in [0.25, 0.3) is 0 Å². The molecule has 0 aliphatic carbocycles. The van der Waals surface area contributed by atoms with E-state index in [0.717, 1.165) is 45.6 Å². The van der Waals surface area contributed by atoms with Crippen LogP contribution in [0.2, 0.25) is 0 Å². The maximum atomic E-state index is 6.01. The van der Waals surface area contributed by atoms with Crippen LogP contribution in [0.15, 0.2) is 30.3 Å². The van der Waals surface area contributed by atoms with Crippen LogP contribution in [0.25, 0.3) is 0 Å². The van der Waals surface area contributed by atoms with Crippen molar-refractivity contribution >= 4 is 0 Å². The van der Waals surface area contributed by atoms with Gasteiger partial charge >= 0.3 is 0 Å². The molecule has 1 aromatic carbocycles. The van der Waals surface area contributed by atoms with Crippen LogP contribution in [0, 0.1) is 0 Å². The standard InChI is InChI=1S/C17H28N2O/c1-3-18-16(11-10-15-8-6-5-7-9-15)17-14-19(4-2)12-13-20-17/h5-9,16-18H,3-4,10-14H2,1-2H3. The Kier molecular flexibility index (Phi) is 6.51. The summed E-state index contributed by atoms with van der Waals surface area (Å²) in [6.45, 7) is 9.53. The Bertz CT molecular complexity index is 369. The van der Waals surface area contributed by atoms with Crippen LogP contribution in [0.3, 0.4) is 0 Å². The average Bonchev–Trinajstić information content (AvgIpc) is 2.52. The normalized spacial score (nSPS) is 21.8. The fourth-order valence-corrected chi connectivity index (χ4v) is 2.91. The lowest BCUT2D eigenvalue weighted by atomic mass is 10.00. The molecule has 3 heteroatoms. The lowest BCUT2D eigenvalue weighted by Gasteiger charge is -2.37. The Labute approximate surface area is 123 Å². The van der Waals surface area contributed by atoms with Crippen molar-refractivity contribution in [2.24, 2.45) is 0 Å². The van der Waals surface area contributed by atoms with E-state index in [9.17, 15) is 0 Å². The maximum Gasteiger partial charge on any atom is 0.0855 e. The van der Waals surface area contributed by atoms with Crippen LogP contribution in [0.4, 0.5) is 0 Å². The van der Waals surface area contributed by atoms with Crippen LogP contribution in [0.1, 0.15) is 25.8 Å². The summed E-state index contributed by atoms with van der Waals surface area (Å²) in [5.74, 6) is 0. The van der Waals surface area contributed by atoms with E-state index in [1.807, 2.05) is 0 Å². The summed E-state index contributed by atoms with van der Waals surface area (Å²) in [7, 11) is 0. The summed E-state index contributed by atoms with van der Waals surface area (Å²) < 4.78 is 6.01. The molecule has 0 spiro atoms. The number of aryl methyl sites for hydroxylation is 1. The maximum absolute atomic E-state index is 6.01. The summed E-state index contributed by atoms with van der Waals surface area (Å²) >= 11 is 0. The van der Waals surface area contributed by atoms with Crippen molar-refractivity contribution in [2.45, 2.75) is 38.8 Å². The number of morpholine rings is 1. The molecule has 0 radical (unpaired) electrons. The third kappa shape index (κ3) is 4.58. The average molecular weight is 276 g/mol. The van der Waals surface area contributed by atoms with Gasteiger partial charge in [-0.25, -0.2) is 0 Å². The van der Waals surface area contributed by atoms with Gasteiger partial charge in [0.2, 0.25) is 0 Å². The zero-order valence-corrected chi connectivity index (χ0v) is 12.8. The van der Waals surface area contributed by atoms with E-state index in [0.29, 0.717) is 12.1 Å². The highest BCUT2D eigenvalue weighted by Crippen LogP contribution is 2.14. The fourth-order valence-electron chi connectivity index (χ4n) is 2.91. The number of rotatable bonds is 7. The van der Waals surface area contributed by atoms with Gasteiger partial charge in [0, 0.05) is 19.1 Å². The summed E-state index contributed by atoms with van der Waals surface area (Å²) in [5.41, 5.74) is 1.42. The molecule has 2 unspecified atom stereocenters. The van der Waals surface area contributed by atoms with Crippen LogP contribution in [-0.2, 0) is 11.2 Å². The van der Waals surface area contributed by atoms with Gasteiger partial charge in [-0.15, -0.1) is 0 Å². The molecule has 1 N–H and O–H groups in total. The molecule has 1 aromatic rings. The summed E-state index contributed by atoms with van der Waals surface area (Å²) in [4.78, 5) is 2.49. The molecule has 112 valence electrons. The van der Waals surface area contributed by atoms with E-state index in [4.69, 9.17) is 4.74 Å². The number of hydrogen-bond acceptors (Lipinski definition) is 3. The minimum atomic E-state index is 0.326. The van der Waals surface area contributed by atoms with Crippen LogP contribution in [0.5, 0.6) is 0 Å². The minimum Gasteiger partial charge on any atom is -0.374 e. The lowest BCUT2D eigenvalue weighted by Crippen LogP contribution is -2.52. The Morgan fingerprint density at radius 3 is 2.80 bits per heavy atom. The molecule has 1 fully saturated rings. The number of nitrogens with zero attached hydrogens (tertiary/aromatic N) is 1. The van der Waals surface area contributed by atoms with E-state index in [-0.39, 0.29) is 0 Å². The topological polar surface area (TPSA) is 24.5 Å². The van der Waals surface area contributed by atoms with Gasteiger partial charge in [-0.05, 0) is 31.5 Å². The summed E-state index contributed by atoms with van der Waals surface area (Å²) in [6.07, 6.45) is 2.58. The van der Waals surface area contributed by atoms with Crippen LogP contribution < -0.4 is 5.32 Å². The number of hydrogen-bond donors (Lipinski definition) is 1. The Hall–Kier alpha value is -0.900. The number of likely N-dealkylation sites (N-methyl/N-ethyl adjacent to an activating group) is 2. The monoisotopic (exact) mass is 276 g/mol. The largest absolute Gasteiger partial charge is 0.374 e. The van der Waals surface area contributed by atoms with Crippen molar-refractivity contribution in [2.75, 3.05) is 32.8 Å². The second-order valence-corrected chi connectivity index (χ2v) is 5.49. The van der Waals surface area contributed by atoms with E-state index in [1.54, 1.807) is 0 Å². The fraction of sp³-hybridized carbons (Fsp3) is 0.647. The van der Waals surface area contributed by atoms with E-state index in [2.05, 4.69) is 54.4 Å². The molecule has 2 rings (SSSR count). The molecule has 1 aliphatic heterocycles. The van der Waals surface area contributed by atoms with Crippen molar-refractivity contribution in [3.05, 3.63) is 35.9 Å². The van der Waals surface area contributed by atoms with E-state index >= 15 is 0 Å². The molecule has 0 aromatic heterocycles. The summed E-state index contributed by atoms with van der Waals surface area (Å²) in [5, 5.41) is 3.62. The molecule has 0 amide bonds. The quantitative estimate of drug-likeness (QED) is 0.827. The zero-order valence-electron chi connectivity index (χ0n) is 12.8. The van der Waals surface area contributed by atoms with Crippen molar-refractivity contribution in [1.82, 2.24) is 10.2 Å². The van der Waals surface area contributed by atoms with Gasteiger partial charge in [-0.2, -0.15) is 0 Å². The van der Waals surface area contributed by atoms with Crippen LogP contribution >= 0.6 is 0 Å². The number of benzene rings is 1. The third-order valence-corrected chi connectivity index (χ3v) is 4.13. The van der Waals surface area contributed by atoms with Crippen molar-refractivity contribution < 1.29 is 4.74 Å². The first-order chi connectivity index (χ1) is 9.83. The second kappa shape index (κ2) is 8.40. The van der Waals surface area contributed by atoms with Gasteiger partial charge in [0.15, 0.2) is 0 Å². The minimum absolute atomic E-state index is 0.326. The molecule has 3 nitrogen and oxygen atoms in total. The second-order valence-electron chi connectivity index (χ2n) is 5.49. The molecule has 20 heavy (non-hydrogen) atoms. The van der Waals surface area contributed by atoms with Crippen molar-refractivity contribution in [3.8, 4) is 0 Å². The van der Waals surface area contributed by atoms with Crippen molar-refractivity contribution in [3.63, 3.8) is 0 Å². The molecule has 0 bridgehead atoms. The first-order valence-corrected chi connectivity index (χ1v) is 7.94. The predicted octanol–water partition coefficient (Wildman–Crippen LogP) is 2.32. The SMILES string of the molecule is CCNC(CCc1ccccc1)C1CN(CC)CCO1. The van der Waals surface area contributed by atoms with Gasteiger partial charge in [-0.3, -0.25) is 4.90 Å². The van der Waals surface area contributed by atoms with E-state index in [1.165, 1.54) is 5.56 Å².